The van der Waals surface area contributed by atoms with E-state index in [0.717, 1.165) is 12.8 Å². The fourth-order valence-corrected chi connectivity index (χ4v) is 5.70. The Morgan fingerprint density at radius 2 is 1.92 bits per heavy atom. The molecule has 1 saturated heterocycles. The second-order valence-electron chi connectivity index (χ2n) is 8.26. The van der Waals surface area contributed by atoms with Crippen molar-refractivity contribution in [2.24, 2.45) is 17.8 Å². The van der Waals surface area contributed by atoms with E-state index in [4.69, 9.17) is 18.8 Å². The van der Waals surface area contributed by atoms with Gasteiger partial charge in [0.15, 0.2) is 5.79 Å². The van der Waals surface area contributed by atoms with Crippen molar-refractivity contribution < 1.29 is 41.5 Å². The van der Waals surface area contributed by atoms with Gasteiger partial charge in [-0.05, 0) is 44.9 Å². The number of carbonyl (C=O) groups is 1. The Balaban J connectivity index is 1.57. The summed E-state index contributed by atoms with van der Waals surface area (Å²) in [4.78, 5) is 12.2. The molecule has 5 fully saturated rings. The monoisotopic (exact) mass is 394 g/mol. The van der Waals surface area contributed by atoms with E-state index in [-0.39, 0.29) is 30.5 Å². The van der Waals surface area contributed by atoms with E-state index in [1.807, 2.05) is 0 Å². The van der Waals surface area contributed by atoms with Crippen LogP contribution >= 0.6 is 0 Å². The first-order chi connectivity index (χ1) is 12.0. The van der Waals surface area contributed by atoms with Crippen LogP contribution < -0.4 is 0 Å². The first kappa shape index (κ1) is 18.5. The Morgan fingerprint density at radius 3 is 2.42 bits per heavy atom. The third-order valence-corrected chi connectivity index (χ3v) is 7.61. The number of rotatable bonds is 4. The number of ether oxygens (including phenoxy) is 3. The highest BCUT2D eigenvalue weighted by Gasteiger charge is 2.68. The molecule has 2 N–H and O–H groups in total. The third-order valence-electron chi connectivity index (χ3n) is 6.48. The smallest absolute Gasteiger partial charge is 0.362 e. The zero-order valence-electron chi connectivity index (χ0n) is 14.4. The van der Waals surface area contributed by atoms with E-state index in [2.05, 4.69) is 0 Å². The van der Waals surface area contributed by atoms with Crippen molar-refractivity contribution in [2.45, 2.75) is 61.5 Å². The Labute approximate surface area is 150 Å². The molecule has 0 amide bonds. The minimum absolute atomic E-state index is 0.0744. The zero-order chi connectivity index (χ0) is 19.0. The Kier molecular flexibility index (Phi) is 4.00. The molecule has 5 rings (SSSR count). The van der Waals surface area contributed by atoms with Gasteiger partial charge in [0.2, 0.25) is 0 Å². The van der Waals surface area contributed by atoms with Gasteiger partial charge in [-0.2, -0.15) is 8.42 Å². The van der Waals surface area contributed by atoms with Gasteiger partial charge in [0.1, 0.15) is 11.7 Å². The number of alkyl halides is 1. The average molecular weight is 394 g/mol. The first-order valence-corrected chi connectivity index (χ1v) is 10.3. The number of hydrogen-bond acceptors (Lipinski definition) is 7. The van der Waals surface area contributed by atoms with Crippen LogP contribution in [-0.2, 0) is 29.1 Å². The van der Waals surface area contributed by atoms with Crippen molar-refractivity contribution >= 4 is 16.1 Å². The minimum atomic E-state index is -5.24. The van der Waals surface area contributed by atoms with Crippen molar-refractivity contribution in [3.8, 4) is 0 Å². The van der Waals surface area contributed by atoms with E-state index in [1.165, 1.54) is 0 Å². The molecular weight excluding hydrogens is 371 g/mol. The summed E-state index contributed by atoms with van der Waals surface area (Å²) in [7, 11) is -5.24. The van der Waals surface area contributed by atoms with Crippen molar-refractivity contribution in [1.29, 1.82) is 0 Å². The number of aliphatic hydroxyl groups excluding tert-OH is 1. The number of carbonyl (C=O) groups excluding carboxylic acids is 1. The van der Waals surface area contributed by atoms with Crippen LogP contribution in [0.4, 0.5) is 4.39 Å². The molecule has 0 aromatic rings. The topological polar surface area (TPSA) is 119 Å². The second-order valence-corrected chi connectivity index (χ2v) is 9.98. The number of halogens is 1. The SMILES string of the molecule is CC(F)(C(=O)OC12CC3CC(C1)C1(OCC(CO)O1)C(C3)C2)S(=O)(=O)O. The lowest BCUT2D eigenvalue weighted by atomic mass is 9.51. The van der Waals surface area contributed by atoms with Gasteiger partial charge in [0.25, 0.3) is 0 Å². The van der Waals surface area contributed by atoms with Crippen LogP contribution in [0.5, 0.6) is 0 Å². The van der Waals surface area contributed by atoms with E-state index < -0.39 is 32.5 Å². The molecule has 1 heterocycles. The van der Waals surface area contributed by atoms with E-state index >= 15 is 0 Å². The summed E-state index contributed by atoms with van der Waals surface area (Å²) in [6.07, 6.45) is 2.54. The van der Waals surface area contributed by atoms with E-state index in [9.17, 15) is 22.7 Å². The maximum Gasteiger partial charge on any atom is 0.362 e. The molecule has 1 spiro atoms. The highest BCUT2D eigenvalue weighted by molar-refractivity contribution is 7.87. The predicted octanol–water partition coefficient (Wildman–Crippen LogP) is 0.786. The summed E-state index contributed by atoms with van der Waals surface area (Å²) in [6.45, 7) is 0.646. The van der Waals surface area contributed by atoms with Crippen LogP contribution in [0.3, 0.4) is 0 Å². The van der Waals surface area contributed by atoms with Gasteiger partial charge in [0, 0.05) is 11.8 Å². The first-order valence-electron chi connectivity index (χ1n) is 8.83. The average Bonchev–Trinajstić information content (AvgIpc) is 2.96. The molecule has 4 atom stereocenters. The molecule has 148 valence electrons. The summed E-state index contributed by atoms with van der Waals surface area (Å²) in [5, 5.41) is 5.84. The van der Waals surface area contributed by atoms with Crippen LogP contribution in [-0.4, -0.2) is 59.8 Å². The number of esters is 1. The Hall–Kier alpha value is -0.810. The van der Waals surface area contributed by atoms with Crippen LogP contribution in [0.2, 0.25) is 0 Å². The maximum atomic E-state index is 14.3. The second kappa shape index (κ2) is 5.60. The molecule has 0 radical (unpaired) electrons. The van der Waals surface area contributed by atoms with Gasteiger partial charge in [-0.3, -0.25) is 4.55 Å². The van der Waals surface area contributed by atoms with E-state index in [1.54, 1.807) is 0 Å². The van der Waals surface area contributed by atoms with Crippen molar-refractivity contribution in [2.75, 3.05) is 13.2 Å². The molecule has 8 nitrogen and oxygen atoms in total. The van der Waals surface area contributed by atoms with Gasteiger partial charge >= 0.3 is 21.1 Å². The fraction of sp³-hybridized carbons (Fsp3) is 0.938. The summed E-state index contributed by atoms with van der Waals surface area (Å²) >= 11 is 0. The van der Waals surface area contributed by atoms with Gasteiger partial charge in [-0.1, -0.05) is 0 Å². The number of aliphatic hydroxyl groups is 1. The Bertz CT molecular complexity index is 704. The highest BCUT2D eigenvalue weighted by Crippen LogP contribution is 2.64. The van der Waals surface area contributed by atoms with Gasteiger partial charge in [-0.25, -0.2) is 9.18 Å². The fourth-order valence-electron chi connectivity index (χ4n) is 5.44. The molecule has 5 aliphatic rings. The molecule has 1 aliphatic heterocycles. The largest absolute Gasteiger partial charge is 0.456 e. The minimum Gasteiger partial charge on any atom is -0.456 e. The van der Waals surface area contributed by atoms with E-state index in [0.29, 0.717) is 32.8 Å². The zero-order valence-corrected chi connectivity index (χ0v) is 15.2. The van der Waals surface area contributed by atoms with Gasteiger partial charge in [0.05, 0.1) is 13.2 Å². The normalized spacial score (nSPS) is 46.5. The van der Waals surface area contributed by atoms with Gasteiger partial charge < -0.3 is 19.3 Å². The number of hydrogen-bond donors (Lipinski definition) is 2. The molecule has 4 saturated carbocycles. The highest BCUT2D eigenvalue weighted by atomic mass is 32.2. The standard InChI is InChI=1S/C16H23FO8S/c1-14(17,26(20,21)22)13(19)25-15-4-9-2-10(5-15)16(11(3-9)6-15)23-8-12(7-18)24-16/h9-12,18H,2-8H2,1H3,(H,20,21,22). The summed E-state index contributed by atoms with van der Waals surface area (Å²) in [5.74, 6) is -2.30. The van der Waals surface area contributed by atoms with Crippen LogP contribution in [0.15, 0.2) is 0 Å². The van der Waals surface area contributed by atoms with Crippen molar-refractivity contribution in [3.05, 3.63) is 0 Å². The lowest BCUT2D eigenvalue weighted by Gasteiger charge is -2.62. The molecule has 26 heavy (non-hydrogen) atoms. The van der Waals surface area contributed by atoms with Gasteiger partial charge in [-0.15, -0.1) is 0 Å². The summed E-state index contributed by atoms with van der Waals surface area (Å²) < 4.78 is 63.0. The molecular formula is C16H23FO8S. The maximum absolute atomic E-state index is 14.3. The molecule has 4 aliphatic carbocycles. The Morgan fingerprint density at radius 1 is 1.31 bits per heavy atom. The van der Waals surface area contributed by atoms with Crippen LogP contribution in [0, 0.1) is 17.8 Å². The predicted molar refractivity (Wildman–Crippen MR) is 84.1 cm³/mol. The lowest BCUT2D eigenvalue weighted by Crippen LogP contribution is -2.65. The molecule has 4 unspecified atom stereocenters. The summed E-state index contributed by atoms with van der Waals surface area (Å²) in [6, 6.07) is 0. The van der Waals surface area contributed by atoms with Crippen molar-refractivity contribution in [1.82, 2.24) is 0 Å². The molecule has 0 aromatic carbocycles. The van der Waals surface area contributed by atoms with Crippen molar-refractivity contribution in [3.63, 3.8) is 0 Å². The molecule has 4 bridgehead atoms. The van der Waals surface area contributed by atoms with Crippen LogP contribution in [0.1, 0.15) is 39.0 Å². The quantitative estimate of drug-likeness (QED) is 0.530. The van der Waals surface area contributed by atoms with Crippen LogP contribution in [0.25, 0.3) is 0 Å². The molecule has 0 aromatic heterocycles. The summed E-state index contributed by atoms with van der Waals surface area (Å²) in [5.41, 5.74) is -0.971. The molecule has 10 heteroatoms. The lowest BCUT2D eigenvalue weighted by molar-refractivity contribution is -0.321. The third kappa shape index (κ3) is 2.53.